The third-order valence-electron chi connectivity index (χ3n) is 3.33. The SMILES string of the molecule is O=C(Nc1ccnc(N2CCOCC2)c1)c1ccc(Cl)nc1. The second kappa shape index (κ2) is 6.72. The molecule has 0 radical (unpaired) electrons. The fraction of sp³-hybridized carbons (Fsp3) is 0.267. The number of anilines is 2. The molecule has 1 aliphatic heterocycles. The van der Waals surface area contributed by atoms with Gasteiger partial charge in [0.25, 0.3) is 5.91 Å². The zero-order chi connectivity index (χ0) is 15.4. The highest BCUT2D eigenvalue weighted by molar-refractivity contribution is 6.29. The molecule has 0 bridgehead atoms. The molecule has 1 N–H and O–H groups in total. The van der Waals surface area contributed by atoms with Crippen molar-refractivity contribution in [2.24, 2.45) is 0 Å². The number of amides is 1. The Kier molecular flexibility index (Phi) is 4.50. The Bertz CT molecular complexity index is 657. The number of hydrogen-bond donors (Lipinski definition) is 1. The lowest BCUT2D eigenvalue weighted by Crippen LogP contribution is -2.36. The van der Waals surface area contributed by atoms with Crippen molar-refractivity contribution in [3.05, 3.63) is 47.4 Å². The fourth-order valence-corrected chi connectivity index (χ4v) is 2.29. The van der Waals surface area contributed by atoms with Crippen LogP contribution in [0, 0.1) is 0 Å². The molecule has 0 unspecified atom stereocenters. The molecule has 1 aliphatic rings. The van der Waals surface area contributed by atoms with Gasteiger partial charge in [-0.3, -0.25) is 4.79 Å². The molecule has 0 spiro atoms. The highest BCUT2D eigenvalue weighted by atomic mass is 35.5. The van der Waals surface area contributed by atoms with Crippen LogP contribution in [-0.4, -0.2) is 42.2 Å². The van der Waals surface area contributed by atoms with Gasteiger partial charge >= 0.3 is 0 Å². The quantitative estimate of drug-likeness (QED) is 0.879. The number of pyridine rings is 2. The van der Waals surface area contributed by atoms with Crippen molar-refractivity contribution >= 4 is 29.0 Å². The van der Waals surface area contributed by atoms with Crippen LogP contribution in [0.15, 0.2) is 36.7 Å². The van der Waals surface area contributed by atoms with E-state index in [9.17, 15) is 4.79 Å². The average Bonchev–Trinajstić information content (AvgIpc) is 2.56. The molecular formula is C15H15ClN4O2. The summed E-state index contributed by atoms with van der Waals surface area (Å²) in [6, 6.07) is 6.83. The number of ether oxygens (including phenoxy) is 1. The first kappa shape index (κ1) is 14.7. The van der Waals surface area contributed by atoms with Gasteiger partial charge in [-0.05, 0) is 18.2 Å². The van der Waals surface area contributed by atoms with Gasteiger partial charge in [0.15, 0.2) is 0 Å². The van der Waals surface area contributed by atoms with E-state index in [1.807, 2.05) is 6.07 Å². The number of nitrogens with one attached hydrogen (secondary N) is 1. The monoisotopic (exact) mass is 318 g/mol. The summed E-state index contributed by atoms with van der Waals surface area (Å²) in [4.78, 5) is 22.5. The minimum absolute atomic E-state index is 0.233. The van der Waals surface area contributed by atoms with E-state index in [0.29, 0.717) is 29.6 Å². The Balaban J connectivity index is 1.72. The topological polar surface area (TPSA) is 67.4 Å². The molecule has 1 fully saturated rings. The molecule has 114 valence electrons. The Labute approximate surface area is 133 Å². The standard InChI is InChI=1S/C15H15ClN4O2/c16-13-2-1-11(10-18-13)15(21)19-12-3-4-17-14(9-12)20-5-7-22-8-6-20/h1-4,9-10H,5-8H2,(H,17,19,21). The van der Waals surface area contributed by atoms with Crippen molar-refractivity contribution in [2.75, 3.05) is 36.5 Å². The van der Waals surface area contributed by atoms with E-state index in [-0.39, 0.29) is 5.91 Å². The number of rotatable bonds is 3. The molecule has 22 heavy (non-hydrogen) atoms. The van der Waals surface area contributed by atoms with Crippen molar-refractivity contribution < 1.29 is 9.53 Å². The molecule has 0 saturated carbocycles. The third-order valence-corrected chi connectivity index (χ3v) is 3.55. The van der Waals surface area contributed by atoms with Crippen LogP contribution >= 0.6 is 11.6 Å². The van der Waals surface area contributed by atoms with Gasteiger partial charge in [-0.2, -0.15) is 0 Å². The summed E-state index contributed by atoms with van der Waals surface area (Å²) < 4.78 is 5.33. The highest BCUT2D eigenvalue weighted by Crippen LogP contribution is 2.18. The Hall–Kier alpha value is -2.18. The van der Waals surface area contributed by atoms with Gasteiger partial charge < -0.3 is 15.0 Å². The van der Waals surface area contributed by atoms with E-state index in [1.54, 1.807) is 24.4 Å². The smallest absolute Gasteiger partial charge is 0.257 e. The Morgan fingerprint density at radius 3 is 2.77 bits per heavy atom. The predicted molar refractivity (Wildman–Crippen MR) is 84.5 cm³/mol. The van der Waals surface area contributed by atoms with Gasteiger partial charge in [0.05, 0.1) is 18.8 Å². The molecule has 0 aliphatic carbocycles. The molecule has 7 heteroatoms. The molecule has 3 rings (SSSR count). The van der Waals surface area contributed by atoms with Crippen LogP contribution in [0.5, 0.6) is 0 Å². The van der Waals surface area contributed by atoms with Gasteiger partial charge in [-0.15, -0.1) is 0 Å². The first-order valence-electron chi connectivity index (χ1n) is 6.94. The zero-order valence-electron chi connectivity index (χ0n) is 11.8. The molecule has 2 aromatic rings. The molecule has 2 aromatic heterocycles. The van der Waals surface area contributed by atoms with Gasteiger partial charge in [-0.1, -0.05) is 11.6 Å². The summed E-state index contributed by atoms with van der Waals surface area (Å²) in [5.74, 6) is 0.596. The van der Waals surface area contributed by atoms with Crippen molar-refractivity contribution in [1.82, 2.24) is 9.97 Å². The van der Waals surface area contributed by atoms with E-state index in [0.717, 1.165) is 18.9 Å². The van der Waals surface area contributed by atoms with Gasteiger partial charge in [0, 0.05) is 37.2 Å². The predicted octanol–water partition coefficient (Wildman–Crippen LogP) is 2.22. The Morgan fingerprint density at radius 1 is 1.23 bits per heavy atom. The van der Waals surface area contributed by atoms with Crippen LogP contribution in [0.3, 0.4) is 0 Å². The highest BCUT2D eigenvalue weighted by Gasteiger charge is 2.13. The van der Waals surface area contributed by atoms with E-state index in [2.05, 4.69) is 20.2 Å². The summed E-state index contributed by atoms with van der Waals surface area (Å²) >= 11 is 5.72. The Morgan fingerprint density at radius 2 is 2.05 bits per heavy atom. The van der Waals surface area contributed by atoms with E-state index < -0.39 is 0 Å². The number of nitrogens with zero attached hydrogens (tertiary/aromatic N) is 3. The van der Waals surface area contributed by atoms with Crippen molar-refractivity contribution in [1.29, 1.82) is 0 Å². The van der Waals surface area contributed by atoms with E-state index in [4.69, 9.17) is 16.3 Å². The van der Waals surface area contributed by atoms with Crippen LogP contribution in [0.25, 0.3) is 0 Å². The first-order valence-corrected chi connectivity index (χ1v) is 7.32. The number of carbonyl (C=O) groups excluding carboxylic acids is 1. The molecule has 1 saturated heterocycles. The zero-order valence-corrected chi connectivity index (χ0v) is 12.6. The lowest BCUT2D eigenvalue weighted by atomic mass is 10.2. The average molecular weight is 319 g/mol. The summed E-state index contributed by atoms with van der Waals surface area (Å²) in [6.07, 6.45) is 3.13. The second-order valence-electron chi connectivity index (χ2n) is 4.83. The second-order valence-corrected chi connectivity index (χ2v) is 5.21. The maximum absolute atomic E-state index is 12.2. The fourth-order valence-electron chi connectivity index (χ4n) is 2.17. The maximum Gasteiger partial charge on any atom is 0.257 e. The van der Waals surface area contributed by atoms with Crippen molar-refractivity contribution in [3.63, 3.8) is 0 Å². The van der Waals surface area contributed by atoms with Crippen LogP contribution in [0.2, 0.25) is 5.15 Å². The normalized spacial score (nSPS) is 14.7. The molecule has 0 atom stereocenters. The van der Waals surface area contributed by atoms with Gasteiger partial charge in [-0.25, -0.2) is 9.97 Å². The maximum atomic E-state index is 12.2. The molecule has 0 aromatic carbocycles. The molecule has 3 heterocycles. The number of carbonyl (C=O) groups is 1. The largest absolute Gasteiger partial charge is 0.378 e. The van der Waals surface area contributed by atoms with E-state index >= 15 is 0 Å². The van der Waals surface area contributed by atoms with Crippen molar-refractivity contribution in [2.45, 2.75) is 0 Å². The number of halogens is 1. The lowest BCUT2D eigenvalue weighted by Gasteiger charge is -2.28. The molecule has 6 nitrogen and oxygen atoms in total. The van der Waals surface area contributed by atoms with Gasteiger partial charge in [0.1, 0.15) is 11.0 Å². The minimum atomic E-state index is -0.233. The minimum Gasteiger partial charge on any atom is -0.378 e. The number of aromatic nitrogens is 2. The summed E-state index contributed by atoms with van der Waals surface area (Å²) in [7, 11) is 0. The molecule has 1 amide bonds. The van der Waals surface area contributed by atoms with Crippen LogP contribution < -0.4 is 10.2 Å². The number of morpholine rings is 1. The van der Waals surface area contributed by atoms with Crippen LogP contribution in [-0.2, 0) is 4.74 Å². The van der Waals surface area contributed by atoms with Gasteiger partial charge in [0.2, 0.25) is 0 Å². The first-order chi connectivity index (χ1) is 10.7. The summed E-state index contributed by atoms with van der Waals surface area (Å²) in [6.45, 7) is 2.97. The summed E-state index contributed by atoms with van der Waals surface area (Å²) in [5, 5.41) is 3.19. The van der Waals surface area contributed by atoms with Crippen LogP contribution in [0.4, 0.5) is 11.5 Å². The van der Waals surface area contributed by atoms with Crippen molar-refractivity contribution in [3.8, 4) is 0 Å². The summed E-state index contributed by atoms with van der Waals surface area (Å²) in [5.41, 5.74) is 1.14. The van der Waals surface area contributed by atoms with Crippen LogP contribution in [0.1, 0.15) is 10.4 Å². The molecular weight excluding hydrogens is 304 g/mol. The third kappa shape index (κ3) is 3.52. The number of hydrogen-bond acceptors (Lipinski definition) is 5. The van der Waals surface area contributed by atoms with E-state index in [1.165, 1.54) is 6.20 Å². The lowest BCUT2D eigenvalue weighted by molar-refractivity contribution is 0.102.